The van der Waals surface area contributed by atoms with Crippen LogP contribution in [0.2, 0.25) is 0 Å². The van der Waals surface area contributed by atoms with Crippen molar-refractivity contribution in [3.05, 3.63) is 89.5 Å². The fourth-order valence-corrected chi connectivity index (χ4v) is 4.13. The lowest BCUT2D eigenvalue weighted by molar-refractivity contribution is -0.114. The van der Waals surface area contributed by atoms with Crippen LogP contribution in [0.4, 0.5) is 11.4 Å². The molecular formula is C25H26N2O6S. The minimum Gasteiger partial charge on any atom is -0.489 e. The minimum absolute atomic E-state index is 0.311. The largest absolute Gasteiger partial charge is 0.489 e. The number of methoxy groups -OCH3 is 1. The van der Waals surface area contributed by atoms with Gasteiger partial charge < -0.3 is 14.8 Å². The number of ether oxygens (including phenoxy) is 2. The zero-order chi connectivity index (χ0) is 24.7. The van der Waals surface area contributed by atoms with Crippen LogP contribution in [0.15, 0.2) is 72.8 Å². The third-order valence-corrected chi connectivity index (χ3v) is 6.21. The molecule has 0 aromatic heterocycles. The molecule has 0 heterocycles. The first-order valence-corrected chi connectivity index (χ1v) is 12.3. The van der Waals surface area contributed by atoms with Crippen LogP contribution in [0.1, 0.15) is 21.5 Å². The molecule has 0 unspecified atom stereocenters. The van der Waals surface area contributed by atoms with Gasteiger partial charge in [-0.2, -0.15) is 0 Å². The number of sulfonamides is 1. The van der Waals surface area contributed by atoms with Crippen LogP contribution in [0, 0.1) is 6.92 Å². The fourth-order valence-electron chi connectivity index (χ4n) is 3.27. The van der Waals surface area contributed by atoms with Crippen LogP contribution in [0.3, 0.4) is 0 Å². The number of hydrogen-bond acceptors (Lipinski definition) is 6. The number of benzene rings is 3. The summed E-state index contributed by atoms with van der Waals surface area (Å²) in [4.78, 5) is 24.6. The van der Waals surface area contributed by atoms with Crippen LogP contribution in [-0.4, -0.2) is 40.2 Å². The van der Waals surface area contributed by atoms with E-state index in [0.717, 1.165) is 16.1 Å². The molecule has 8 nitrogen and oxygen atoms in total. The highest BCUT2D eigenvalue weighted by Crippen LogP contribution is 2.23. The third-order valence-electron chi connectivity index (χ3n) is 5.07. The van der Waals surface area contributed by atoms with Gasteiger partial charge in [-0.3, -0.25) is 9.10 Å². The summed E-state index contributed by atoms with van der Waals surface area (Å²) >= 11 is 0. The van der Waals surface area contributed by atoms with Crippen molar-refractivity contribution in [3.8, 4) is 5.75 Å². The molecule has 3 aromatic rings. The second kappa shape index (κ2) is 10.8. The first kappa shape index (κ1) is 24.8. The molecule has 0 atom stereocenters. The summed E-state index contributed by atoms with van der Waals surface area (Å²) < 4.78 is 36.3. The zero-order valence-corrected chi connectivity index (χ0v) is 20.0. The van der Waals surface area contributed by atoms with Crippen LogP contribution in [0.5, 0.6) is 5.75 Å². The molecule has 3 rings (SSSR count). The van der Waals surface area contributed by atoms with Crippen molar-refractivity contribution >= 4 is 33.3 Å². The lowest BCUT2D eigenvalue weighted by Gasteiger charge is -2.22. The molecule has 0 aliphatic rings. The molecule has 0 aliphatic carbocycles. The summed E-state index contributed by atoms with van der Waals surface area (Å²) in [7, 11) is -2.48. The van der Waals surface area contributed by atoms with Crippen molar-refractivity contribution in [2.24, 2.45) is 0 Å². The smallest absolute Gasteiger partial charge is 0.338 e. The molecule has 0 fully saturated rings. The van der Waals surface area contributed by atoms with Crippen molar-refractivity contribution < 1.29 is 27.5 Å². The minimum atomic E-state index is -3.75. The molecule has 0 saturated heterocycles. The number of amides is 1. The maximum absolute atomic E-state index is 12.7. The van der Waals surface area contributed by atoms with Gasteiger partial charge in [0.15, 0.2) is 0 Å². The summed E-state index contributed by atoms with van der Waals surface area (Å²) in [6, 6.07) is 20.9. The Bertz CT molecular complexity index is 1260. The average Bonchev–Trinajstić information content (AvgIpc) is 2.82. The molecule has 0 bridgehead atoms. The number of esters is 1. The standard InChI is InChI=1S/C25H26N2O6S/c1-18-22(25(29)32-2)10-7-11-23(18)26-24(28)16-27(34(3,30)31)20-12-14-21(15-13-20)33-17-19-8-5-4-6-9-19/h4-15H,16-17H2,1-3H3,(H,26,28). The van der Waals surface area contributed by atoms with Crippen molar-refractivity contribution in [1.29, 1.82) is 0 Å². The summed E-state index contributed by atoms with van der Waals surface area (Å²) in [6.07, 6.45) is 1.03. The Morgan fingerprint density at radius 2 is 1.62 bits per heavy atom. The number of carbonyl (C=O) groups is 2. The van der Waals surface area contributed by atoms with E-state index in [1.54, 1.807) is 49.4 Å². The van der Waals surface area contributed by atoms with E-state index in [9.17, 15) is 18.0 Å². The predicted octanol–water partition coefficient (Wildman–Crippen LogP) is 3.77. The third kappa shape index (κ3) is 6.35. The molecule has 3 aromatic carbocycles. The maximum atomic E-state index is 12.7. The van der Waals surface area contributed by atoms with Crippen LogP contribution < -0.4 is 14.4 Å². The topological polar surface area (TPSA) is 102 Å². The molecule has 0 aliphatic heterocycles. The first-order valence-electron chi connectivity index (χ1n) is 10.4. The summed E-state index contributed by atoms with van der Waals surface area (Å²) in [6.45, 7) is 1.61. The van der Waals surface area contributed by atoms with Crippen molar-refractivity contribution in [3.63, 3.8) is 0 Å². The molecule has 34 heavy (non-hydrogen) atoms. The van der Waals surface area contributed by atoms with Gasteiger partial charge in [0.05, 0.1) is 24.6 Å². The molecule has 0 saturated carbocycles. The highest BCUT2D eigenvalue weighted by molar-refractivity contribution is 7.92. The van der Waals surface area contributed by atoms with Gasteiger partial charge in [0, 0.05) is 5.69 Å². The molecule has 178 valence electrons. The normalized spacial score (nSPS) is 10.9. The SMILES string of the molecule is COC(=O)c1cccc(NC(=O)CN(c2ccc(OCc3ccccc3)cc2)S(C)(=O)=O)c1C. The van der Waals surface area contributed by atoms with Gasteiger partial charge in [0.25, 0.3) is 0 Å². The highest BCUT2D eigenvalue weighted by Gasteiger charge is 2.22. The molecule has 9 heteroatoms. The van der Waals surface area contributed by atoms with Gasteiger partial charge in [0.2, 0.25) is 15.9 Å². The van der Waals surface area contributed by atoms with Gasteiger partial charge in [-0.1, -0.05) is 36.4 Å². The lowest BCUT2D eigenvalue weighted by Crippen LogP contribution is -2.37. The molecular weight excluding hydrogens is 456 g/mol. The van der Waals surface area contributed by atoms with Crippen LogP contribution in [0.25, 0.3) is 0 Å². The van der Waals surface area contributed by atoms with Gasteiger partial charge in [-0.05, 0) is 54.4 Å². The Balaban J connectivity index is 1.72. The van der Waals surface area contributed by atoms with Crippen molar-refractivity contribution in [2.75, 3.05) is 29.5 Å². The number of nitrogens with zero attached hydrogens (tertiary/aromatic N) is 1. The van der Waals surface area contributed by atoms with E-state index in [-0.39, 0.29) is 0 Å². The maximum Gasteiger partial charge on any atom is 0.338 e. The van der Waals surface area contributed by atoms with E-state index in [1.165, 1.54) is 7.11 Å². The Kier molecular flexibility index (Phi) is 7.91. The van der Waals surface area contributed by atoms with Crippen LogP contribution in [-0.2, 0) is 26.2 Å². The van der Waals surface area contributed by atoms with Gasteiger partial charge >= 0.3 is 5.97 Å². The van der Waals surface area contributed by atoms with Gasteiger partial charge in [-0.25, -0.2) is 13.2 Å². The molecule has 0 radical (unpaired) electrons. The number of hydrogen-bond donors (Lipinski definition) is 1. The van der Waals surface area contributed by atoms with E-state index in [1.807, 2.05) is 30.3 Å². The highest BCUT2D eigenvalue weighted by atomic mass is 32.2. The quantitative estimate of drug-likeness (QED) is 0.466. The Hall–Kier alpha value is -3.85. The fraction of sp³-hybridized carbons (Fsp3) is 0.200. The summed E-state index contributed by atoms with van der Waals surface area (Å²) in [5.41, 5.74) is 2.56. The van der Waals surface area contributed by atoms with Gasteiger partial charge in [0.1, 0.15) is 18.9 Å². The van der Waals surface area contributed by atoms with E-state index >= 15 is 0 Å². The monoisotopic (exact) mass is 482 g/mol. The van der Waals surface area contributed by atoms with E-state index in [0.29, 0.717) is 34.9 Å². The van der Waals surface area contributed by atoms with Gasteiger partial charge in [-0.15, -0.1) is 0 Å². The summed E-state index contributed by atoms with van der Waals surface area (Å²) in [5.74, 6) is -0.512. The second-order valence-electron chi connectivity index (χ2n) is 7.56. The van der Waals surface area contributed by atoms with E-state index < -0.39 is 28.4 Å². The molecule has 0 spiro atoms. The summed E-state index contributed by atoms with van der Waals surface area (Å²) in [5, 5.41) is 2.67. The Labute approximate surface area is 199 Å². The second-order valence-corrected chi connectivity index (χ2v) is 9.46. The van der Waals surface area contributed by atoms with Crippen LogP contribution >= 0.6 is 0 Å². The lowest BCUT2D eigenvalue weighted by atomic mass is 10.1. The van der Waals surface area contributed by atoms with Crippen molar-refractivity contribution in [2.45, 2.75) is 13.5 Å². The number of nitrogens with one attached hydrogen (secondary N) is 1. The molecule has 1 N–H and O–H groups in total. The van der Waals surface area contributed by atoms with E-state index in [4.69, 9.17) is 9.47 Å². The number of carbonyl (C=O) groups excluding carboxylic acids is 2. The van der Waals surface area contributed by atoms with E-state index in [2.05, 4.69) is 5.32 Å². The van der Waals surface area contributed by atoms with Crippen molar-refractivity contribution in [1.82, 2.24) is 0 Å². The number of rotatable bonds is 9. The molecule has 1 amide bonds. The Morgan fingerprint density at radius 1 is 0.941 bits per heavy atom. The number of anilines is 2. The Morgan fingerprint density at radius 3 is 2.24 bits per heavy atom. The predicted molar refractivity (Wildman–Crippen MR) is 131 cm³/mol. The average molecular weight is 483 g/mol. The first-order chi connectivity index (χ1) is 16.2. The zero-order valence-electron chi connectivity index (χ0n) is 19.1.